The van der Waals surface area contributed by atoms with E-state index in [4.69, 9.17) is 9.52 Å². The molecule has 0 spiro atoms. The Morgan fingerprint density at radius 1 is 1.19 bits per heavy atom. The third kappa shape index (κ3) is 4.76. The van der Waals surface area contributed by atoms with Gasteiger partial charge in [-0.25, -0.2) is 4.98 Å². The van der Waals surface area contributed by atoms with Crippen molar-refractivity contribution >= 4 is 11.9 Å². The Balaban J connectivity index is 1.80. The van der Waals surface area contributed by atoms with Crippen molar-refractivity contribution in [2.75, 3.05) is 6.54 Å². The third-order valence-corrected chi connectivity index (χ3v) is 2.84. The van der Waals surface area contributed by atoms with Crippen LogP contribution in [0.4, 0.5) is 0 Å². The van der Waals surface area contributed by atoms with Gasteiger partial charge in [0.1, 0.15) is 0 Å². The van der Waals surface area contributed by atoms with Crippen molar-refractivity contribution in [2.24, 2.45) is 0 Å². The number of carboxylic acid groups (broad SMARTS) is 1. The first-order chi connectivity index (χ1) is 10.1. The van der Waals surface area contributed by atoms with E-state index in [9.17, 15) is 9.59 Å². The van der Waals surface area contributed by atoms with E-state index in [1.54, 1.807) is 6.20 Å². The number of aryl methyl sites for hydroxylation is 1. The lowest BCUT2D eigenvalue weighted by atomic mass is 10.2. The van der Waals surface area contributed by atoms with Crippen LogP contribution in [0.2, 0.25) is 0 Å². The number of rotatable bonds is 7. The Hall–Kier alpha value is -2.63. The molecule has 110 valence electrons. The van der Waals surface area contributed by atoms with Gasteiger partial charge in [-0.05, 0) is 0 Å². The number of hydrogen-bond acceptors (Lipinski definition) is 4. The molecular weight excluding hydrogens is 272 g/mol. The number of benzene rings is 1. The molecule has 2 aromatic rings. The number of nitrogens with zero attached hydrogens (tertiary/aromatic N) is 1. The number of carbonyl (C=O) groups is 2. The molecule has 0 fully saturated rings. The Bertz CT molecular complexity index is 607. The average molecular weight is 288 g/mol. The Labute approximate surface area is 121 Å². The molecular formula is C15H16N2O4. The molecule has 21 heavy (non-hydrogen) atoms. The Morgan fingerprint density at radius 3 is 2.67 bits per heavy atom. The molecule has 0 unspecified atom stereocenters. The zero-order chi connectivity index (χ0) is 15.1. The molecule has 6 heteroatoms. The van der Waals surface area contributed by atoms with E-state index in [1.807, 2.05) is 30.3 Å². The smallest absolute Gasteiger partial charge is 0.305 e. The van der Waals surface area contributed by atoms with E-state index in [0.29, 0.717) is 18.1 Å². The van der Waals surface area contributed by atoms with E-state index < -0.39 is 5.97 Å². The zero-order valence-electron chi connectivity index (χ0n) is 11.4. The van der Waals surface area contributed by atoms with Gasteiger partial charge in [-0.1, -0.05) is 30.3 Å². The standard InChI is InChI=1S/C15H16N2O4/c18-13(16-9-8-15(19)20)6-7-14-17-10-12(21-14)11-4-2-1-3-5-11/h1-5,10H,6-9H2,(H,16,18)(H,19,20). The van der Waals surface area contributed by atoms with Crippen molar-refractivity contribution < 1.29 is 19.1 Å². The predicted molar refractivity (Wildman–Crippen MR) is 75.5 cm³/mol. The summed E-state index contributed by atoms with van der Waals surface area (Å²) in [5, 5.41) is 11.0. The fourth-order valence-electron chi connectivity index (χ4n) is 1.78. The maximum absolute atomic E-state index is 11.5. The molecule has 0 aliphatic heterocycles. The van der Waals surface area contributed by atoms with Crippen molar-refractivity contribution in [3.63, 3.8) is 0 Å². The molecule has 0 atom stereocenters. The van der Waals surface area contributed by atoms with Crippen molar-refractivity contribution in [3.8, 4) is 11.3 Å². The van der Waals surface area contributed by atoms with Crippen molar-refractivity contribution in [1.29, 1.82) is 0 Å². The number of carbonyl (C=O) groups excluding carboxylic acids is 1. The summed E-state index contributed by atoms with van der Waals surface area (Å²) in [4.78, 5) is 26.0. The van der Waals surface area contributed by atoms with Gasteiger partial charge in [0.2, 0.25) is 5.91 Å². The molecule has 2 rings (SSSR count). The lowest BCUT2D eigenvalue weighted by Gasteiger charge is -2.01. The van der Waals surface area contributed by atoms with Gasteiger partial charge in [0.25, 0.3) is 0 Å². The summed E-state index contributed by atoms with van der Waals surface area (Å²) in [5.41, 5.74) is 0.933. The third-order valence-electron chi connectivity index (χ3n) is 2.84. The fraction of sp³-hybridized carbons (Fsp3) is 0.267. The second-order valence-electron chi connectivity index (χ2n) is 4.48. The molecule has 0 saturated carbocycles. The van der Waals surface area contributed by atoms with Gasteiger partial charge >= 0.3 is 5.97 Å². The minimum Gasteiger partial charge on any atom is -0.481 e. The van der Waals surface area contributed by atoms with Crippen LogP contribution in [0.15, 0.2) is 40.9 Å². The number of oxazole rings is 1. The molecule has 0 saturated heterocycles. The predicted octanol–water partition coefficient (Wildman–Crippen LogP) is 1.87. The van der Waals surface area contributed by atoms with E-state index in [-0.39, 0.29) is 25.3 Å². The van der Waals surface area contributed by atoms with Gasteiger partial charge in [-0.15, -0.1) is 0 Å². The average Bonchev–Trinajstić information content (AvgIpc) is 2.94. The molecule has 1 aromatic heterocycles. The highest BCUT2D eigenvalue weighted by molar-refractivity contribution is 5.76. The molecule has 2 N–H and O–H groups in total. The number of hydrogen-bond donors (Lipinski definition) is 2. The SMILES string of the molecule is O=C(O)CCNC(=O)CCc1ncc(-c2ccccc2)o1. The lowest BCUT2D eigenvalue weighted by Crippen LogP contribution is -2.26. The summed E-state index contributed by atoms with van der Waals surface area (Å²) in [6.07, 6.45) is 2.15. The quantitative estimate of drug-likeness (QED) is 0.811. The maximum Gasteiger partial charge on any atom is 0.305 e. The second-order valence-corrected chi connectivity index (χ2v) is 4.48. The molecule has 1 heterocycles. The molecule has 0 radical (unpaired) electrons. The minimum atomic E-state index is -0.935. The number of aliphatic carboxylic acids is 1. The summed E-state index contributed by atoms with van der Waals surface area (Å²) in [6.45, 7) is 0.134. The summed E-state index contributed by atoms with van der Waals surface area (Å²) in [7, 11) is 0. The van der Waals surface area contributed by atoms with Crippen LogP contribution < -0.4 is 5.32 Å². The van der Waals surface area contributed by atoms with E-state index >= 15 is 0 Å². The van der Waals surface area contributed by atoms with Gasteiger partial charge in [-0.2, -0.15) is 0 Å². The Kier molecular flexibility index (Phi) is 5.09. The Morgan fingerprint density at radius 2 is 1.95 bits per heavy atom. The van der Waals surface area contributed by atoms with Crippen molar-refractivity contribution in [3.05, 3.63) is 42.4 Å². The first-order valence-electron chi connectivity index (χ1n) is 6.64. The van der Waals surface area contributed by atoms with Crippen LogP contribution in [0.3, 0.4) is 0 Å². The first-order valence-corrected chi connectivity index (χ1v) is 6.64. The highest BCUT2D eigenvalue weighted by atomic mass is 16.4. The van der Waals surface area contributed by atoms with Gasteiger partial charge in [-0.3, -0.25) is 9.59 Å². The van der Waals surface area contributed by atoms with Crippen LogP contribution in [-0.2, 0) is 16.0 Å². The largest absolute Gasteiger partial charge is 0.481 e. The highest BCUT2D eigenvalue weighted by Gasteiger charge is 2.09. The number of amides is 1. The number of carboxylic acids is 1. The van der Waals surface area contributed by atoms with Gasteiger partial charge in [0.15, 0.2) is 11.7 Å². The minimum absolute atomic E-state index is 0.0805. The normalized spacial score (nSPS) is 10.3. The van der Waals surface area contributed by atoms with Crippen LogP contribution >= 0.6 is 0 Å². The highest BCUT2D eigenvalue weighted by Crippen LogP contribution is 2.20. The van der Waals surface area contributed by atoms with E-state index in [2.05, 4.69) is 10.3 Å². The summed E-state index contributed by atoms with van der Waals surface area (Å²) >= 11 is 0. The fourth-order valence-corrected chi connectivity index (χ4v) is 1.78. The molecule has 1 amide bonds. The van der Waals surface area contributed by atoms with Gasteiger partial charge in [0, 0.05) is 24.9 Å². The van der Waals surface area contributed by atoms with Crippen molar-refractivity contribution in [1.82, 2.24) is 10.3 Å². The molecule has 0 aliphatic rings. The topological polar surface area (TPSA) is 92.4 Å². The maximum atomic E-state index is 11.5. The van der Waals surface area contributed by atoms with E-state index in [0.717, 1.165) is 5.56 Å². The van der Waals surface area contributed by atoms with Crippen LogP contribution in [-0.4, -0.2) is 28.5 Å². The molecule has 0 aliphatic carbocycles. The monoisotopic (exact) mass is 288 g/mol. The summed E-state index contributed by atoms with van der Waals surface area (Å²) in [5.74, 6) is 0.00494. The van der Waals surface area contributed by atoms with Gasteiger partial charge in [0.05, 0.1) is 12.6 Å². The zero-order valence-corrected chi connectivity index (χ0v) is 11.4. The summed E-state index contributed by atoms with van der Waals surface area (Å²) in [6, 6.07) is 9.58. The van der Waals surface area contributed by atoms with Crippen LogP contribution in [0.1, 0.15) is 18.7 Å². The van der Waals surface area contributed by atoms with Gasteiger partial charge < -0.3 is 14.8 Å². The number of nitrogens with one attached hydrogen (secondary N) is 1. The first kappa shape index (κ1) is 14.8. The number of aromatic nitrogens is 1. The summed E-state index contributed by atoms with van der Waals surface area (Å²) < 4.78 is 5.58. The second kappa shape index (κ2) is 7.23. The molecule has 1 aromatic carbocycles. The molecule has 0 bridgehead atoms. The van der Waals surface area contributed by atoms with Crippen molar-refractivity contribution in [2.45, 2.75) is 19.3 Å². The van der Waals surface area contributed by atoms with E-state index in [1.165, 1.54) is 0 Å². The van der Waals surface area contributed by atoms with Crippen LogP contribution in [0, 0.1) is 0 Å². The van der Waals surface area contributed by atoms with Crippen LogP contribution in [0.5, 0.6) is 0 Å². The lowest BCUT2D eigenvalue weighted by molar-refractivity contribution is -0.136. The molecule has 6 nitrogen and oxygen atoms in total. The van der Waals surface area contributed by atoms with Crippen LogP contribution in [0.25, 0.3) is 11.3 Å².